The van der Waals surface area contributed by atoms with Gasteiger partial charge in [0.1, 0.15) is 23.9 Å². The van der Waals surface area contributed by atoms with Gasteiger partial charge in [-0.1, -0.05) is 18.2 Å². The van der Waals surface area contributed by atoms with Crippen molar-refractivity contribution in [2.24, 2.45) is 4.99 Å². The van der Waals surface area contributed by atoms with Crippen molar-refractivity contribution in [2.45, 2.75) is 18.4 Å². The Kier molecular flexibility index (Phi) is 5.94. The highest BCUT2D eigenvalue weighted by molar-refractivity contribution is 5.80. The van der Waals surface area contributed by atoms with Crippen LogP contribution in [0.5, 0.6) is 11.5 Å². The molecule has 0 heterocycles. The first-order chi connectivity index (χ1) is 12.7. The monoisotopic (exact) mass is 357 g/mol. The van der Waals surface area contributed by atoms with Crippen LogP contribution in [0, 0.1) is 5.82 Å². The first-order valence-corrected chi connectivity index (χ1v) is 8.69. The van der Waals surface area contributed by atoms with E-state index in [0.29, 0.717) is 19.1 Å². The molecule has 1 fully saturated rings. The highest BCUT2D eigenvalue weighted by atomic mass is 19.1. The second-order valence-electron chi connectivity index (χ2n) is 6.14. The largest absolute Gasteiger partial charge is 0.497 e. The number of rotatable bonds is 7. The Labute approximate surface area is 153 Å². The fourth-order valence-corrected chi connectivity index (χ4v) is 2.85. The van der Waals surface area contributed by atoms with E-state index in [2.05, 4.69) is 15.6 Å². The Morgan fingerprint density at radius 2 is 1.88 bits per heavy atom. The van der Waals surface area contributed by atoms with Crippen LogP contribution in [0.15, 0.2) is 53.5 Å². The van der Waals surface area contributed by atoms with Crippen LogP contribution in [-0.2, 0) is 0 Å². The molecule has 138 valence electrons. The number of nitrogens with one attached hydrogen (secondary N) is 2. The molecular weight excluding hydrogens is 333 g/mol. The molecule has 0 radical (unpaired) electrons. The summed E-state index contributed by atoms with van der Waals surface area (Å²) in [4.78, 5) is 4.21. The summed E-state index contributed by atoms with van der Waals surface area (Å²) in [6.45, 7) is 1.12. The van der Waals surface area contributed by atoms with E-state index in [1.54, 1.807) is 20.2 Å². The van der Waals surface area contributed by atoms with Gasteiger partial charge >= 0.3 is 0 Å². The predicted molar refractivity (Wildman–Crippen MR) is 101 cm³/mol. The zero-order valence-electron chi connectivity index (χ0n) is 15.0. The molecule has 2 unspecified atom stereocenters. The lowest BCUT2D eigenvalue weighted by Crippen LogP contribution is -2.40. The molecule has 2 aromatic rings. The van der Waals surface area contributed by atoms with Crippen molar-refractivity contribution in [2.75, 3.05) is 27.3 Å². The Hall–Kier alpha value is -2.76. The van der Waals surface area contributed by atoms with Crippen molar-refractivity contribution in [1.29, 1.82) is 0 Å². The van der Waals surface area contributed by atoms with E-state index in [1.165, 1.54) is 6.07 Å². The van der Waals surface area contributed by atoms with E-state index in [0.717, 1.165) is 23.5 Å². The minimum Gasteiger partial charge on any atom is -0.497 e. The van der Waals surface area contributed by atoms with Gasteiger partial charge in [0.05, 0.1) is 13.7 Å². The third-order valence-corrected chi connectivity index (χ3v) is 4.36. The van der Waals surface area contributed by atoms with Crippen LogP contribution in [0.2, 0.25) is 0 Å². The summed E-state index contributed by atoms with van der Waals surface area (Å²) in [5, 5.41) is 6.55. The molecular formula is C20H24FN3O2. The highest BCUT2D eigenvalue weighted by Crippen LogP contribution is 2.41. The molecule has 0 bridgehead atoms. The van der Waals surface area contributed by atoms with Gasteiger partial charge in [-0.05, 0) is 42.3 Å². The first kappa shape index (κ1) is 18.0. The number of aliphatic imine (C=N–C) groups is 1. The molecule has 6 heteroatoms. The van der Waals surface area contributed by atoms with E-state index in [9.17, 15) is 4.39 Å². The Balaban J connectivity index is 1.39. The summed E-state index contributed by atoms with van der Waals surface area (Å²) >= 11 is 0. The number of nitrogens with zero attached hydrogens (tertiary/aromatic N) is 1. The van der Waals surface area contributed by atoms with Gasteiger partial charge in [-0.15, -0.1) is 0 Å². The summed E-state index contributed by atoms with van der Waals surface area (Å²) in [6, 6.07) is 14.6. The lowest BCUT2D eigenvalue weighted by molar-refractivity contribution is 0.321. The van der Waals surface area contributed by atoms with E-state index < -0.39 is 0 Å². The van der Waals surface area contributed by atoms with Gasteiger partial charge in [0, 0.05) is 19.0 Å². The van der Waals surface area contributed by atoms with Crippen LogP contribution < -0.4 is 20.1 Å². The number of methoxy groups -OCH3 is 1. The fourth-order valence-electron chi connectivity index (χ4n) is 2.85. The summed E-state index contributed by atoms with van der Waals surface area (Å²) in [6.07, 6.45) is 0.907. The normalized spacial score (nSPS) is 19.0. The maximum atomic E-state index is 13.8. The van der Waals surface area contributed by atoms with Crippen LogP contribution in [0.4, 0.5) is 4.39 Å². The van der Waals surface area contributed by atoms with Crippen LogP contribution in [0.1, 0.15) is 17.9 Å². The molecule has 2 atom stereocenters. The predicted octanol–water partition coefficient (Wildman–Crippen LogP) is 2.93. The summed E-state index contributed by atoms with van der Waals surface area (Å²) < 4.78 is 24.6. The van der Waals surface area contributed by atoms with E-state index in [1.807, 2.05) is 36.4 Å². The van der Waals surface area contributed by atoms with Crippen molar-refractivity contribution in [3.8, 4) is 11.5 Å². The molecule has 1 aliphatic rings. The first-order valence-electron chi connectivity index (χ1n) is 8.69. The minimum atomic E-state index is -0.141. The highest BCUT2D eigenvalue weighted by Gasteiger charge is 2.40. The fraction of sp³-hybridized carbons (Fsp3) is 0.350. The Morgan fingerprint density at radius 1 is 1.15 bits per heavy atom. The molecule has 5 nitrogen and oxygen atoms in total. The molecule has 0 amide bonds. The minimum absolute atomic E-state index is 0.141. The molecule has 2 N–H and O–H groups in total. The second-order valence-corrected chi connectivity index (χ2v) is 6.14. The number of benzene rings is 2. The molecule has 1 saturated carbocycles. The average molecular weight is 357 g/mol. The number of guanidine groups is 1. The van der Waals surface area contributed by atoms with E-state index >= 15 is 0 Å². The molecule has 3 rings (SSSR count). The Bertz CT molecular complexity index is 749. The van der Waals surface area contributed by atoms with Crippen molar-refractivity contribution in [1.82, 2.24) is 10.6 Å². The van der Waals surface area contributed by atoms with E-state index in [4.69, 9.17) is 9.47 Å². The molecule has 26 heavy (non-hydrogen) atoms. The standard InChI is InChI=1S/C20H24FN3O2/c1-22-20(23-11-12-26-15-9-7-14(25-2)8-10-15)24-19-13-17(19)16-5-3-4-6-18(16)21/h3-10,17,19H,11-13H2,1-2H3,(H2,22,23,24). The van der Waals surface area contributed by atoms with Gasteiger partial charge < -0.3 is 20.1 Å². The van der Waals surface area contributed by atoms with Crippen molar-refractivity contribution < 1.29 is 13.9 Å². The third kappa shape index (κ3) is 4.65. The van der Waals surface area contributed by atoms with Crippen molar-refractivity contribution in [3.05, 3.63) is 59.9 Å². The number of ether oxygens (including phenoxy) is 2. The number of hydrogen-bond acceptors (Lipinski definition) is 3. The van der Waals surface area contributed by atoms with Gasteiger partial charge in [-0.3, -0.25) is 4.99 Å². The second kappa shape index (κ2) is 8.56. The SMILES string of the molecule is CN=C(NCCOc1ccc(OC)cc1)NC1CC1c1ccccc1F. The molecule has 2 aromatic carbocycles. The van der Waals surface area contributed by atoms with Gasteiger partial charge in [-0.2, -0.15) is 0 Å². The topological polar surface area (TPSA) is 54.9 Å². The third-order valence-electron chi connectivity index (χ3n) is 4.36. The molecule has 0 saturated heterocycles. The summed E-state index contributed by atoms with van der Waals surface area (Å²) in [5.74, 6) is 2.35. The summed E-state index contributed by atoms with van der Waals surface area (Å²) in [5.41, 5.74) is 0.767. The number of halogens is 1. The number of hydrogen-bond donors (Lipinski definition) is 2. The van der Waals surface area contributed by atoms with Gasteiger partial charge in [0.25, 0.3) is 0 Å². The van der Waals surface area contributed by atoms with Crippen LogP contribution in [-0.4, -0.2) is 39.3 Å². The summed E-state index contributed by atoms with van der Waals surface area (Å²) in [7, 11) is 3.36. The zero-order chi connectivity index (χ0) is 18.4. The van der Waals surface area contributed by atoms with Crippen molar-refractivity contribution in [3.63, 3.8) is 0 Å². The molecule has 0 spiro atoms. The smallest absolute Gasteiger partial charge is 0.191 e. The maximum absolute atomic E-state index is 13.8. The Morgan fingerprint density at radius 3 is 2.58 bits per heavy atom. The molecule has 1 aliphatic carbocycles. The van der Waals surface area contributed by atoms with Gasteiger partial charge in [0.15, 0.2) is 5.96 Å². The van der Waals surface area contributed by atoms with Gasteiger partial charge in [0.2, 0.25) is 0 Å². The van der Waals surface area contributed by atoms with Crippen LogP contribution in [0.3, 0.4) is 0 Å². The van der Waals surface area contributed by atoms with Gasteiger partial charge in [-0.25, -0.2) is 4.39 Å². The zero-order valence-corrected chi connectivity index (χ0v) is 15.0. The quantitative estimate of drug-likeness (QED) is 0.454. The molecule has 0 aromatic heterocycles. The lowest BCUT2D eigenvalue weighted by Gasteiger charge is -2.13. The van der Waals surface area contributed by atoms with Crippen LogP contribution in [0.25, 0.3) is 0 Å². The van der Waals surface area contributed by atoms with E-state index in [-0.39, 0.29) is 17.8 Å². The van der Waals surface area contributed by atoms with Crippen molar-refractivity contribution >= 4 is 5.96 Å². The average Bonchev–Trinajstić information content (AvgIpc) is 3.44. The lowest BCUT2D eigenvalue weighted by atomic mass is 10.1. The van der Waals surface area contributed by atoms with Crippen LogP contribution >= 0.6 is 0 Å². The molecule has 0 aliphatic heterocycles. The maximum Gasteiger partial charge on any atom is 0.191 e.